The van der Waals surface area contributed by atoms with Gasteiger partial charge < -0.3 is 21.1 Å². The van der Waals surface area contributed by atoms with Crippen LogP contribution in [-0.2, 0) is 4.79 Å². The van der Waals surface area contributed by atoms with Crippen LogP contribution in [0.3, 0.4) is 0 Å². The Morgan fingerprint density at radius 1 is 1.12 bits per heavy atom. The minimum Gasteiger partial charge on any atom is -0.387 e. The molecule has 40 heavy (non-hydrogen) atoms. The van der Waals surface area contributed by atoms with E-state index in [-0.39, 0.29) is 17.6 Å². The van der Waals surface area contributed by atoms with Gasteiger partial charge in [0, 0.05) is 35.9 Å². The fourth-order valence-corrected chi connectivity index (χ4v) is 4.40. The minimum atomic E-state index is -3.08. The van der Waals surface area contributed by atoms with Crippen molar-refractivity contribution in [1.29, 1.82) is 5.26 Å². The predicted molar refractivity (Wildman–Crippen MR) is 139 cm³/mol. The summed E-state index contributed by atoms with van der Waals surface area (Å²) in [5, 5.41) is 32.0. The number of hydrogen-bond acceptors (Lipinski definition) is 8. The van der Waals surface area contributed by atoms with Crippen molar-refractivity contribution in [3.63, 3.8) is 0 Å². The summed E-state index contributed by atoms with van der Waals surface area (Å²) < 4.78 is 40.9. The number of anilines is 1. The van der Waals surface area contributed by atoms with Crippen LogP contribution in [0.2, 0.25) is 0 Å². The van der Waals surface area contributed by atoms with Gasteiger partial charge in [-0.2, -0.15) is 23.8 Å². The lowest BCUT2D eigenvalue weighted by Crippen LogP contribution is -2.43. The Balaban J connectivity index is 1.58. The number of aliphatic hydroxyl groups is 1. The van der Waals surface area contributed by atoms with Crippen LogP contribution in [0.1, 0.15) is 55.5 Å². The van der Waals surface area contributed by atoms with E-state index in [1.807, 2.05) is 6.07 Å². The summed E-state index contributed by atoms with van der Waals surface area (Å²) in [6.07, 6.45) is 1.44. The fourth-order valence-electron chi connectivity index (χ4n) is 4.40. The van der Waals surface area contributed by atoms with Crippen molar-refractivity contribution in [2.45, 2.75) is 69.8 Å². The number of fused-ring (bicyclic) bond motifs is 1. The Morgan fingerprint density at radius 3 is 2.48 bits per heavy atom. The second-order valence-corrected chi connectivity index (χ2v) is 10.2. The Hall–Kier alpha value is -4.25. The predicted octanol–water partition coefficient (Wildman–Crippen LogP) is 2.63. The van der Waals surface area contributed by atoms with E-state index in [1.54, 1.807) is 12.1 Å². The molecule has 0 radical (unpaired) electrons. The highest BCUT2D eigenvalue weighted by atomic mass is 19.3. The highest BCUT2D eigenvalue weighted by Gasteiger charge is 2.29. The van der Waals surface area contributed by atoms with Crippen molar-refractivity contribution < 1.29 is 27.9 Å². The monoisotopic (exact) mass is 558 g/mol. The molecule has 0 saturated heterocycles. The number of carbonyl (C=O) groups is 2. The summed E-state index contributed by atoms with van der Waals surface area (Å²) in [6, 6.07) is 4.71. The van der Waals surface area contributed by atoms with E-state index in [4.69, 9.17) is 5.26 Å². The third-order valence-electron chi connectivity index (χ3n) is 6.73. The lowest BCUT2D eigenvalue weighted by Gasteiger charge is -2.30. The molecule has 2 amide bonds. The van der Waals surface area contributed by atoms with Gasteiger partial charge in [-0.25, -0.2) is 14.4 Å². The molecule has 0 bridgehead atoms. The molecule has 1 atom stereocenters. The van der Waals surface area contributed by atoms with Crippen LogP contribution >= 0.6 is 0 Å². The molecule has 0 aliphatic heterocycles. The molecule has 4 rings (SSSR count). The Morgan fingerprint density at radius 2 is 1.82 bits per heavy atom. The van der Waals surface area contributed by atoms with Crippen molar-refractivity contribution in [3.8, 4) is 11.9 Å². The zero-order chi connectivity index (χ0) is 29.0. The third-order valence-corrected chi connectivity index (χ3v) is 6.73. The molecule has 3 heterocycles. The van der Waals surface area contributed by atoms with Gasteiger partial charge in [0.1, 0.15) is 12.2 Å². The topological polar surface area (TPSA) is 158 Å². The van der Waals surface area contributed by atoms with Gasteiger partial charge >= 0.3 is 6.43 Å². The number of aromatic nitrogens is 4. The van der Waals surface area contributed by atoms with E-state index in [0.29, 0.717) is 53.8 Å². The molecule has 0 spiro atoms. The first kappa shape index (κ1) is 28.8. The van der Waals surface area contributed by atoms with Crippen LogP contribution in [0.25, 0.3) is 16.9 Å². The number of pyridine rings is 2. The summed E-state index contributed by atoms with van der Waals surface area (Å²) in [7, 11) is 0. The molecule has 1 aliphatic carbocycles. The molecule has 14 heteroatoms. The summed E-state index contributed by atoms with van der Waals surface area (Å²) >= 11 is 0. The molecule has 0 aromatic carbocycles. The molecule has 4 N–H and O–H groups in total. The SMILES string of the molecule is CC(C)(O)[C@H](F)CNC(=O)c1cnc(-n2ncc3cc(C#N)cnc32)cc1NC1CCC(NC(=O)C(F)F)CC1. The first-order valence-corrected chi connectivity index (χ1v) is 12.7. The quantitative estimate of drug-likeness (QED) is 0.312. The molecule has 1 aliphatic rings. The van der Waals surface area contributed by atoms with Crippen molar-refractivity contribution in [3.05, 3.63) is 41.9 Å². The number of hydrogen-bond donors (Lipinski definition) is 4. The maximum atomic E-state index is 14.3. The standard InChI is InChI=1S/C26H29F3N8O3/c1-26(2,40)20(27)13-33-24(38)18-12-31-21(37-23-15(11-34-37)7-14(9-30)10-32-23)8-19(18)35-16-3-5-17(6-4-16)36-25(39)22(28)29/h7-8,10-12,16-17,20,22,40H,3-6,13H2,1-2H3,(H,31,35)(H,33,38)(H,36,39)/t16?,17?,20-/m1/s1. The minimum absolute atomic E-state index is 0.121. The van der Waals surface area contributed by atoms with Gasteiger partial charge in [-0.05, 0) is 45.6 Å². The van der Waals surface area contributed by atoms with Gasteiger partial charge in [0.2, 0.25) is 0 Å². The van der Waals surface area contributed by atoms with E-state index < -0.39 is 36.6 Å². The van der Waals surface area contributed by atoms with Crippen molar-refractivity contribution in [2.75, 3.05) is 11.9 Å². The van der Waals surface area contributed by atoms with Gasteiger partial charge in [0.05, 0.1) is 35.2 Å². The number of nitrogens with zero attached hydrogens (tertiary/aromatic N) is 5. The number of rotatable bonds is 9. The highest BCUT2D eigenvalue weighted by molar-refractivity contribution is 5.99. The number of nitrogens with one attached hydrogen (secondary N) is 3. The van der Waals surface area contributed by atoms with Crippen LogP contribution in [0.5, 0.6) is 0 Å². The summed E-state index contributed by atoms with van der Waals surface area (Å²) in [6.45, 7) is 2.18. The average Bonchev–Trinajstić information content (AvgIpc) is 3.35. The smallest absolute Gasteiger partial charge is 0.315 e. The van der Waals surface area contributed by atoms with E-state index >= 15 is 0 Å². The second kappa shape index (κ2) is 11.9. The number of alkyl halides is 3. The molecule has 3 aromatic heterocycles. The van der Waals surface area contributed by atoms with E-state index in [9.17, 15) is 27.9 Å². The molecule has 1 fully saturated rings. The number of carbonyl (C=O) groups excluding carboxylic acids is 2. The van der Waals surface area contributed by atoms with Gasteiger partial charge in [0.25, 0.3) is 11.8 Å². The van der Waals surface area contributed by atoms with E-state index in [0.717, 1.165) is 0 Å². The van der Waals surface area contributed by atoms with Gasteiger partial charge in [-0.1, -0.05) is 0 Å². The first-order valence-electron chi connectivity index (χ1n) is 12.7. The van der Waals surface area contributed by atoms with Gasteiger partial charge in [0.15, 0.2) is 11.5 Å². The molecule has 1 saturated carbocycles. The maximum Gasteiger partial charge on any atom is 0.315 e. The van der Waals surface area contributed by atoms with E-state index in [1.165, 1.54) is 37.1 Å². The van der Waals surface area contributed by atoms with Crippen molar-refractivity contribution in [1.82, 2.24) is 30.4 Å². The lowest BCUT2D eigenvalue weighted by atomic mass is 9.90. The average molecular weight is 559 g/mol. The highest BCUT2D eigenvalue weighted by Crippen LogP contribution is 2.27. The zero-order valence-electron chi connectivity index (χ0n) is 21.9. The van der Waals surface area contributed by atoms with E-state index in [2.05, 4.69) is 31.0 Å². The van der Waals surface area contributed by atoms with Crippen LogP contribution < -0.4 is 16.0 Å². The van der Waals surface area contributed by atoms with Crippen LogP contribution in [-0.4, -0.2) is 73.5 Å². The molecule has 11 nitrogen and oxygen atoms in total. The normalized spacial score (nSPS) is 18.2. The molecule has 212 valence electrons. The number of nitriles is 1. The maximum absolute atomic E-state index is 14.3. The van der Waals surface area contributed by atoms with Crippen LogP contribution in [0.4, 0.5) is 18.9 Å². The lowest BCUT2D eigenvalue weighted by molar-refractivity contribution is -0.132. The van der Waals surface area contributed by atoms with Crippen LogP contribution in [0.15, 0.2) is 30.7 Å². The number of halogens is 3. The molecule has 3 aromatic rings. The first-order chi connectivity index (χ1) is 19.0. The molecular weight excluding hydrogens is 529 g/mol. The molecular formula is C26H29F3N8O3. The largest absolute Gasteiger partial charge is 0.387 e. The Labute approximate surface area is 227 Å². The third kappa shape index (κ3) is 6.66. The van der Waals surface area contributed by atoms with Gasteiger partial charge in [-0.15, -0.1) is 0 Å². The summed E-state index contributed by atoms with van der Waals surface area (Å²) in [4.78, 5) is 33.0. The van der Waals surface area contributed by atoms with Crippen molar-refractivity contribution in [2.24, 2.45) is 0 Å². The Bertz CT molecular complexity index is 1420. The molecule has 0 unspecified atom stereocenters. The number of amides is 2. The summed E-state index contributed by atoms with van der Waals surface area (Å²) in [5.74, 6) is -1.59. The zero-order valence-corrected chi connectivity index (χ0v) is 21.9. The van der Waals surface area contributed by atoms with Crippen molar-refractivity contribution >= 4 is 28.5 Å². The van der Waals surface area contributed by atoms with Crippen LogP contribution in [0, 0.1) is 11.3 Å². The Kier molecular flexibility index (Phi) is 8.53. The fraction of sp³-hybridized carbons (Fsp3) is 0.462. The van der Waals surface area contributed by atoms with Gasteiger partial charge in [-0.3, -0.25) is 9.59 Å². The second-order valence-electron chi connectivity index (χ2n) is 10.2. The summed E-state index contributed by atoms with van der Waals surface area (Å²) in [5.41, 5.74) is -0.342.